The number of nitrogens with two attached hydrogens (primary N) is 1. The van der Waals surface area contributed by atoms with Crippen LogP contribution in [0.1, 0.15) is 75.5 Å². The van der Waals surface area contributed by atoms with Gasteiger partial charge >= 0.3 is 6.09 Å². The van der Waals surface area contributed by atoms with Crippen LogP contribution in [0.15, 0.2) is 48.7 Å². The third-order valence-electron chi connectivity index (χ3n) is 5.77. The van der Waals surface area contributed by atoms with Gasteiger partial charge in [-0.05, 0) is 49.9 Å². The zero-order valence-corrected chi connectivity index (χ0v) is 22.4. The maximum atomic E-state index is 12.8. The Morgan fingerprint density at radius 1 is 1.03 bits per heavy atom. The average Bonchev–Trinajstić information content (AvgIpc) is 2.84. The summed E-state index contributed by atoms with van der Waals surface area (Å²) in [6.45, 7) is 10.8. The number of benzene rings is 1. The highest BCUT2D eigenvalue weighted by Gasteiger charge is 2.27. The fourth-order valence-corrected chi connectivity index (χ4v) is 3.61. The van der Waals surface area contributed by atoms with E-state index in [4.69, 9.17) is 10.5 Å². The van der Waals surface area contributed by atoms with Crippen LogP contribution in [0.25, 0.3) is 0 Å². The van der Waals surface area contributed by atoms with Gasteiger partial charge in [0.1, 0.15) is 17.3 Å². The van der Waals surface area contributed by atoms with E-state index in [1.807, 2.05) is 51.1 Å². The van der Waals surface area contributed by atoms with Crippen LogP contribution < -0.4 is 16.4 Å². The van der Waals surface area contributed by atoms with Gasteiger partial charge in [-0.1, -0.05) is 51.1 Å². The molecule has 0 aliphatic heterocycles. The van der Waals surface area contributed by atoms with E-state index in [0.29, 0.717) is 5.56 Å². The lowest BCUT2D eigenvalue weighted by Gasteiger charge is -2.25. The van der Waals surface area contributed by atoms with E-state index in [9.17, 15) is 19.2 Å². The lowest BCUT2D eigenvalue weighted by Crippen LogP contribution is -2.50. The molecule has 3 atom stereocenters. The molecule has 2 aromatic rings. The minimum Gasteiger partial charge on any atom is -0.444 e. The smallest absolute Gasteiger partial charge is 0.408 e. The number of ketones is 2. The van der Waals surface area contributed by atoms with Crippen LogP contribution in [0, 0.1) is 5.92 Å². The maximum absolute atomic E-state index is 12.8. The number of nitrogens with zero attached hydrogens (tertiary/aromatic N) is 1. The molecule has 0 fully saturated rings. The summed E-state index contributed by atoms with van der Waals surface area (Å²) in [4.78, 5) is 54.4. The molecule has 1 aromatic carbocycles. The average molecular weight is 511 g/mol. The molecule has 0 aliphatic carbocycles. The van der Waals surface area contributed by atoms with Crippen molar-refractivity contribution in [1.29, 1.82) is 0 Å². The molecule has 1 aromatic heterocycles. The highest BCUT2D eigenvalue weighted by molar-refractivity contribution is 6.08. The first-order valence-electron chi connectivity index (χ1n) is 12.4. The zero-order valence-electron chi connectivity index (χ0n) is 22.4. The van der Waals surface area contributed by atoms with Crippen LogP contribution in [0.2, 0.25) is 0 Å². The lowest BCUT2D eigenvalue weighted by molar-refractivity contribution is -0.124. The van der Waals surface area contributed by atoms with Crippen molar-refractivity contribution in [2.24, 2.45) is 11.7 Å². The number of carbonyl (C=O) groups is 4. The molecule has 0 spiro atoms. The molecule has 0 radical (unpaired) electrons. The number of nitrogens with one attached hydrogen (secondary N) is 2. The van der Waals surface area contributed by atoms with E-state index in [1.165, 1.54) is 12.3 Å². The Balaban J connectivity index is 1.98. The highest BCUT2D eigenvalue weighted by atomic mass is 16.6. The molecule has 0 aliphatic rings. The van der Waals surface area contributed by atoms with Crippen LogP contribution >= 0.6 is 0 Å². The van der Waals surface area contributed by atoms with Gasteiger partial charge in [0.05, 0.1) is 12.5 Å². The molecule has 2 amide bonds. The first-order chi connectivity index (χ1) is 17.3. The summed E-state index contributed by atoms with van der Waals surface area (Å²) >= 11 is 0. The number of amides is 2. The number of carbonyl (C=O) groups excluding carboxylic acids is 4. The number of ether oxygens (including phenoxy) is 1. The van der Waals surface area contributed by atoms with E-state index in [2.05, 4.69) is 15.6 Å². The van der Waals surface area contributed by atoms with Gasteiger partial charge in [-0.25, -0.2) is 4.79 Å². The van der Waals surface area contributed by atoms with Gasteiger partial charge in [-0.3, -0.25) is 19.4 Å². The zero-order chi connectivity index (χ0) is 27.8. The van der Waals surface area contributed by atoms with Crippen molar-refractivity contribution >= 4 is 23.6 Å². The summed E-state index contributed by atoms with van der Waals surface area (Å²) in [7, 11) is 0. The van der Waals surface area contributed by atoms with Crippen molar-refractivity contribution in [2.75, 3.05) is 0 Å². The Bertz CT molecular complexity index is 1100. The van der Waals surface area contributed by atoms with Gasteiger partial charge in [0, 0.05) is 18.7 Å². The maximum Gasteiger partial charge on any atom is 0.408 e. The van der Waals surface area contributed by atoms with Crippen molar-refractivity contribution in [3.8, 4) is 0 Å². The standard InChI is InChI=1S/C28H38N4O5/c1-17(2)25(32-27(36)37-28(4,5)6)26(35)31-16-19-12-13-30-21(14-19)22(33)15-23(34)24(29)18(3)20-10-8-7-9-11-20/h7-14,17-18,24-25H,15-16,29H2,1-6H3,(H,31,35)(H,32,36)/t18?,24?,25-/m0/s1. The molecule has 1 heterocycles. The van der Waals surface area contributed by atoms with Crippen molar-refractivity contribution in [1.82, 2.24) is 15.6 Å². The summed E-state index contributed by atoms with van der Waals surface area (Å²) in [6.07, 6.45) is 0.406. The van der Waals surface area contributed by atoms with Crippen LogP contribution in [0.4, 0.5) is 4.79 Å². The van der Waals surface area contributed by atoms with Crippen LogP contribution in [-0.2, 0) is 20.9 Å². The minimum atomic E-state index is -0.820. The molecular weight excluding hydrogens is 472 g/mol. The van der Waals surface area contributed by atoms with E-state index >= 15 is 0 Å². The van der Waals surface area contributed by atoms with Gasteiger partial charge in [-0.2, -0.15) is 0 Å². The topological polar surface area (TPSA) is 140 Å². The quantitative estimate of drug-likeness (QED) is 0.310. The summed E-state index contributed by atoms with van der Waals surface area (Å²) in [5.41, 5.74) is 7.12. The van der Waals surface area contributed by atoms with Crippen molar-refractivity contribution in [2.45, 2.75) is 78.1 Å². The fourth-order valence-electron chi connectivity index (χ4n) is 3.61. The number of alkyl carbamates (subject to hydrolysis) is 1. The first-order valence-corrected chi connectivity index (χ1v) is 12.4. The number of hydrogen-bond acceptors (Lipinski definition) is 7. The number of rotatable bonds is 11. The monoisotopic (exact) mass is 510 g/mol. The molecule has 9 heteroatoms. The number of hydrogen-bond donors (Lipinski definition) is 3. The van der Waals surface area contributed by atoms with E-state index < -0.39 is 29.6 Å². The number of aromatic nitrogens is 1. The largest absolute Gasteiger partial charge is 0.444 e. The van der Waals surface area contributed by atoms with Crippen LogP contribution in [-0.4, -0.2) is 46.2 Å². The summed E-state index contributed by atoms with van der Waals surface area (Å²) < 4.78 is 5.25. The van der Waals surface area contributed by atoms with Gasteiger partial charge in [0.15, 0.2) is 11.6 Å². The fraction of sp³-hybridized carbons (Fsp3) is 0.464. The predicted octanol–water partition coefficient (Wildman–Crippen LogP) is 3.52. The Labute approximate surface area is 218 Å². The molecule has 2 rings (SSSR count). The Kier molecular flexibility index (Phi) is 10.5. The Morgan fingerprint density at radius 2 is 1.68 bits per heavy atom. The Hall–Kier alpha value is -3.59. The molecule has 0 saturated heterocycles. The predicted molar refractivity (Wildman–Crippen MR) is 141 cm³/mol. The van der Waals surface area contributed by atoms with E-state index in [1.54, 1.807) is 26.8 Å². The summed E-state index contributed by atoms with van der Waals surface area (Å²) in [6, 6.07) is 11.0. The minimum absolute atomic E-state index is 0.110. The normalized spacial score (nSPS) is 13.8. The SMILES string of the molecule is CC(c1ccccc1)C(N)C(=O)CC(=O)c1cc(CNC(=O)[C@@H](NC(=O)OC(C)(C)C)C(C)C)ccn1. The van der Waals surface area contributed by atoms with E-state index in [0.717, 1.165) is 5.56 Å². The Morgan fingerprint density at radius 3 is 2.27 bits per heavy atom. The van der Waals surface area contributed by atoms with Crippen LogP contribution in [0.5, 0.6) is 0 Å². The van der Waals surface area contributed by atoms with Crippen molar-refractivity contribution in [3.05, 3.63) is 65.5 Å². The molecule has 0 saturated carbocycles. The highest BCUT2D eigenvalue weighted by Crippen LogP contribution is 2.19. The van der Waals surface area contributed by atoms with Gasteiger partial charge in [0.2, 0.25) is 5.91 Å². The molecule has 200 valence electrons. The van der Waals surface area contributed by atoms with Gasteiger partial charge in [-0.15, -0.1) is 0 Å². The second-order valence-electron chi connectivity index (χ2n) is 10.4. The second-order valence-corrected chi connectivity index (χ2v) is 10.4. The molecule has 9 nitrogen and oxygen atoms in total. The molecule has 0 bridgehead atoms. The molecule has 2 unspecified atom stereocenters. The number of pyridine rings is 1. The van der Waals surface area contributed by atoms with Gasteiger partial charge < -0.3 is 21.1 Å². The third-order valence-corrected chi connectivity index (χ3v) is 5.77. The second kappa shape index (κ2) is 13.1. The first kappa shape index (κ1) is 29.6. The van der Waals surface area contributed by atoms with Crippen LogP contribution in [0.3, 0.4) is 0 Å². The van der Waals surface area contributed by atoms with E-state index in [-0.39, 0.29) is 42.2 Å². The van der Waals surface area contributed by atoms with Crippen molar-refractivity contribution in [3.63, 3.8) is 0 Å². The third kappa shape index (κ3) is 9.42. The van der Waals surface area contributed by atoms with Crippen molar-refractivity contribution < 1.29 is 23.9 Å². The lowest BCUT2D eigenvalue weighted by atomic mass is 9.89. The summed E-state index contributed by atoms with van der Waals surface area (Å²) in [5.74, 6) is -1.62. The molecule has 4 N–H and O–H groups in total. The van der Waals surface area contributed by atoms with Gasteiger partial charge in [0.25, 0.3) is 0 Å². The number of Topliss-reactive ketones (excluding diaryl/α,β-unsaturated/α-hetero) is 2. The molecular formula is C28H38N4O5. The molecule has 37 heavy (non-hydrogen) atoms. The summed E-state index contributed by atoms with van der Waals surface area (Å²) in [5, 5.41) is 5.37.